The Bertz CT molecular complexity index is 311. The number of imidazole rings is 1. The van der Waals surface area contributed by atoms with E-state index in [2.05, 4.69) is 16.9 Å². The largest absolute Gasteiger partial charge is 0.345 e. The van der Waals surface area contributed by atoms with Gasteiger partial charge in [-0.25, -0.2) is 4.98 Å². The molecule has 0 aromatic carbocycles. The van der Waals surface area contributed by atoms with Crippen molar-refractivity contribution in [3.63, 3.8) is 0 Å². The standard InChI is InChI=1S/C13H23N3/c1-2-3-10-4-6-11(7-5-10)13-15-9-12(8-14)16-13/h9-11H,2-8,14H2,1H3,(H,15,16). The lowest BCUT2D eigenvalue weighted by Crippen LogP contribution is -2.14. The molecule has 0 amide bonds. The minimum absolute atomic E-state index is 0.568. The second kappa shape index (κ2) is 5.48. The van der Waals surface area contributed by atoms with Crippen molar-refractivity contribution in [2.75, 3.05) is 0 Å². The lowest BCUT2D eigenvalue weighted by molar-refractivity contribution is 0.303. The molecule has 90 valence electrons. The van der Waals surface area contributed by atoms with Crippen LogP contribution in [0.1, 0.15) is 62.9 Å². The van der Waals surface area contributed by atoms with Gasteiger partial charge in [-0.3, -0.25) is 0 Å². The van der Waals surface area contributed by atoms with E-state index < -0.39 is 0 Å². The first-order valence-electron chi connectivity index (χ1n) is 6.57. The first kappa shape index (κ1) is 11.6. The molecular weight excluding hydrogens is 198 g/mol. The fraction of sp³-hybridized carbons (Fsp3) is 0.769. The molecule has 1 aromatic rings. The van der Waals surface area contributed by atoms with Crippen LogP contribution in [-0.4, -0.2) is 9.97 Å². The summed E-state index contributed by atoms with van der Waals surface area (Å²) in [5, 5.41) is 0. The molecule has 0 aliphatic heterocycles. The highest BCUT2D eigenvalue weighted by atomic mass is 14.9. The third kappa shape index (κ3) is 2.64. The first-order valence-corrected chi connectivity index (χ1v) is 6.57. The Morgan fingerprint density at radius 1 is 1.38 bits per heavy atom. The molecule has 3 N–H and O–H groups in total. The normalized spacial score (nSPS) is 25.9. The minimum Gasteiger partial charge on any atom is -0.345 e. The minimum atomic E-state index is 0.568. The molecule has 1 fully saturated rings. The van der Waals surface area contributed by atoms with Gasteiger partial charge in [0, 0.05) is 24.4 Å². The number of rotatable bonds is 4. The lowest BCUT2D eigenvalue weighted by Gasteiger charge is -2.27. The average molecular weight is 221 g/mol. The summed E-state index contributed by atoms with van der Waals surface area (Å²) >= 11 is 0. The maximum atomic E-state index is 5.58. The van der Waals surface area contributed by atoms with Crippen LogP contribution < -0.4 is 5.73 Å². The Kier molecular flexibility index (Phi) is 3.99. The van der Waals surface area contributed by atoms with Gasteiger partial charge < -0.3 is 10.7 Å². The van der Waals surface area contributed by atoms with Gasteiger partial charge >= 0.3 is 0 Å². The molecule has 1 aromatic heterocycles. The van der Waals surface area contributed by atoms with E-state index in [0.29, 0.717) is 12.5 Å². The van der Waals surface area contributed by atoms with Crippen molar-refractivity contribution in [3.8, 4) is 0 Å². The molecule has 1 aliphatic rings. The molecule has 2 rings (SSSR count). The summed E-state index contributed by atoms with van der Waals surface area (Å²) in [5.74, 6) is 2.77. The average Bonchev–Trinajstić information content (AvgIpc) is 2.79. The van der Waals surface area contributed by atoms with Crippen LogP contribution in [0.25, 0.3) is 0 Å². The summed E-state index contributed by atoms with van der Waals surface area (Å²) in [6, 6.07) is 0. The van der Waals surface area contributed by atoms with Crippen molar-refractivity contribution in [3.05, 3.63) is 17.7 Å². The molecule has 0 radical (unpaired) electrons. The molecule has 1 aliphatic carbocycles. The fourth-order valence-electron chi connectivity index (χ4n) is 2.82. The van der Waals surface area contributed by atoms with E-state index in [1.807, 2.05) is 6.20 Å². The Hall–Kier alpha value is -0.830. The van der Waals surface area contributed by atoms with Gasteiger partial charge in [0.05, 0.1) is 0 Å². The molecule has 0 unspecified atom stereocenters. The maximum Gasteiger partial charge on any atom is 0.109 e. The smallest absolute Gasteiger partial charge is 0.109 e. The molecule has 3 nitrogen and oxygen atoms in total. The molecule has 1 heterocycles. The Morgan fingerprint density at radius 3 is 2.69 bits per heavy atom. The molecular formula is C13H23N3. The van der Waals surface area contributed by atoms with Gasteiger partial charge in [-0.2, -0.15) is 0 Å². The predicted molar refractivity (Wildman–Crippen MR) is 66.1 cm³/mol. The van der Waals surface area contributed by atoms with Crippen LogP contribution in [0.4, 0.5) is 0 Å². The van der Waals surface area contributed by atoms with Crippen molar-refractivity contribution in [1.29, 1.82) is 0 Å². The number of aromatic amines is 1. The number of hydrogen-bond acceptors (Lipinski definition) is 2. The molecule has 16 heavy (non-hydrogen) atoms. The number of aromatic nitrogens is 2. The van der Waals surface area contributed by atoms with Gasteiger partial charge in [-0.05, 0) is 31.6 Å². The van der Waals surface area contributed by atoms with Gasteiger partial charge in [0.2, 0.25) is 0 Å². The summed E-state index contributed by atoms with van der Waals surface area (Å²) in [4.78, 5) is 7.79. The summed E-state index contributed by atoms with van der Waals surface area (Å²) in [6.45, 7) is 2.85. The Balaban J connectivity index is 1.88. The highest BCUT2D eigenvalue weighted by Crippen LogP contribution is 2.36. The van der Waals surface area contributed by atoms with E-state index in [0.717, 1.165) is 17.4 Å². The van der Waals surface area contributed by atoms with Crippen LogP contribution in [0.3, 0.4) is 0 Å². The van der Waals surface area contributed by atoms with Crippen molar-refractivity contribution < 1.29 is 0 Å². The molecule has 0 saturated heterocycles. The topological polar surface area (TPSA) is 54.7 Å². The van der Waals surface area contributed by atoms with Crippen molar-refractivity contribution in [1.82, 2.24) is 9.97 Å². The summed E-state index contributed by atoms with van der Waals surface area (Å²) in [7, 11) is 0. The zero-order chi connectivity index (χ0) is 11.4. The van der Waals surface area contributed by atoms with Crippen molar-refractivity contribution in [2.45, 2.75) is 57.9 Å². The predicted octanol–water partition coefficient (Wildman–Crippen LogP) is 2.94. The van der Waals surface area contributed by atoms with Crippen molar-refractivity contribution in [2.24, 2.45) is 11.7 Å². The van der Waals surface area contributed by atoms with Gasteiger partial charge in [0.15, 0.2) is 0 Å². The van der Waals surface area contributed by atoms with Crippen LogP contribution >= 0.6 is 0 Å². The van der Waals surface area contributed by atoms with E-state index >= 15 is 0 Å². The highest BCUT2D eigenvalue weighted by Gasteiger charge is 2.23. The van der Waals surface area contributed by atoms with E-state index in [4.69, 9.17) is 5.73 Å². The van der Waals surface area contributed by atoms with E-state index in [1.165, 1.54) is 38.5 Å². The van der Waals surface area contributed by atoms with Crippen molar-refractivity contribution >= 4 is 0 Å². The second-order valence-electron chi connectivity index (χ2n) is 5.00. The second-order valence-corrected chi connectivity index (χ2v) is 5.00. The van der Waals surface area contributed by atoms with Crippen LogP contribution in [-0.2, 0) is 6.54 Å². The van der Waals surface area contributed by atoms with E-state index in [9.17, 15) is 0 Å². The number of nitrogens with two attached hydrogens (primary N) is 1. The lowest BCUT2D eigenvalue weighted by atomic mass is 9.80. The summed E-state index contributed by atoms with van der Waals surface area (Å²) in [6.07, 6.45) is 9.94. The molecule has 3 heteroatoms. The van der Waals surface area contributed by atoms with Gasteiger partial charge in [-0.1, -0.05) is 19.8 Å². The SMILES string of the molecule is CCCC1CCC(c2ncc(CN)[nH]2)CC1. The fourth-order valence-corrected chi connectivity index (χ4v) is 2.82. The zero-order valence-electron chi connectivity index (χ0n) is 10.2. The summed E-state index contributed by atoms with van der Waals surface area (Å²) < 4.78 is 0. The molecule has 0 bridgehead atoms. The molecule has 1 saturated carbocycles. The third-order valence-corrected chi connectivity index (χ3v) is 3.80. The first-order chi connectivity index (χ1) is 7.83. The van der Waals surface area contributed by atoms with Gasteiger partial charge in [-0.15, -0.1) is 0 Å². The number of hydrogen-bond donors (Lipinski definition) is 2. The van der Waals surface area contributed by atoms with E-state index in [-0.39, 0.29) is 0 Å². The van der Waals surface area contributed by atoms with E-state index in [1.54, 1.807) is 0 Å². The quantitative estimate of drug-likeness (QED) is 0.821. The van der Waals surface area contributed by atoms with Gasteiger partial charge in [0.25, 0.3) is 0 Å². The molecule has 0 spiro atoms. The Morgan fingerprint density at radius 2 is 2.12 bits per heavy atom. The number of H-pyrrole nitrogens is 1. The molecule has 0 atom stereocenters. The van der Waals surface area contributed by atoms with Crippen LogP contribution in [0.15, 0.2) is 6.20 Å². The monoisotopic (exact) mass is 221 g/mol. The number of nitrogens with one attached hydrogen (secondary N) is 1. The maximum absolute atomic E-state index is 5.58. The van der Waals surface area contributed by atoms with Crippen LogP contribution in [0, 0.1) is 5.92 Å². The third-order valence-electron chi connectivity index (χ3n) is 3.80. The van der Waals surface area contributed by atoms with Crippen LogP contribution in [0.2, 0.25) is 0 Å². The Labute approximate surface area is 97.8 Å². The highest BCUT2D eigenvalue weighted by molar-refractivity contribution is 5.06. The summed E-state index contributed by atoms with van der Waals surface area (Å²) in [5.41, 5.74) is 6.64. The van der Waals surface area contributed by atoms with Crippen LogP contribution in [0.5, 0.6) is 0 Å². The van der Waals surface area contributed by atoms with Gasteiger partial charge in [0.1, 0.15) is 5.82 Å². The number of nitrogens with zero attached hydrogens (tertiary/aromatic N) is 1. The zero-order valence-corrected chi connectivity index (χ0v) is 10.2.